The van der Waals surface area contributed by atoms with Crippen molar-refractivity contribution in [1.82, 2.24) is 10.2 Å². The summed E-state index contributed by atoms with van der Waals surface area (Å²) in [5, 5.41) is 3.90. The first kappa shape index (κ1) is 16.3. The molecular weight excluding hydrogens is 311 g/mol. The normalized spacial score (nSPS) is 16.3. The molecule has 0 atom stereocenters. The largest absolute Gasteiger partial charge is 0.379 e. The summed E-state index contributed by atoms with van der Waals surface area (Å²) in [7, 11) is 0. The summed E-state index contributed by atoms with van der Waals surface area (Å²) in [4.78, 5) is 14.0. The third-order valence-electron chi connectivity index (χ3n) is 3.23. The fourth-order valence-corrected chi connectivity index (χ4v) is 2.57. The summed E-state index contributed by atoms with van der Waals surface area (Å²) in [5.41, 5.74) is 0.657. The van der Waals surface area contributed by atoms with E-state index in [0.29, 0.717) is 22.2 Å². The predicted molar refractivity (Wildman–Crippen MR) is 85.8 cm³/mol. The molecule has 0 spiro atoms. The Bertz CT molecular complexity index is 494. The Morgan fingerprint density at radius 2 is 1.95 bits per heavy atom. The van der Waals surface area contributed by atoms with Crippen LogP contribution in [0.25, 0.3) is 6.08 Å². The second kappa shape index (κ2) is 8.39. The van der Waals surface area contributed by atoms with E-state index in [4.69, 9.17) is 27.9 Å². The van der Waals surface area contributed by atoms with Gasteiger partial charge in [-0.25, -0.2) is 0 Å². The van der Waals surface area contributed by atoms with E-state index in [-0.39, 0.29) is 5.91 Å². The molecule has 1 amide bonds. The molecule has 1 saturated heterocycles. The summed E-state index contributed by atoms with van der Waals surface area (Å²) in [6.07, 6.45) is 3.08. The molecule has 6 heteroatoms. The first-order chi connectivity index (χ1) is 10.2. The van der Waals surface area contributed by atoms with Crippen LogP contribution in [0.3, 0.4) is 0 Å². The Morgan fingerprint density at radius 1 is 1.29 bits per heavy atom. The number of halogens is 2. The molecular formula is C15H18Cl2N2O2. The average Bonchev–Trinajstić information content (AvgIpc) is 2.48. The van der Waals surface area contributed by atoms with Crippen LogP contribution in [0.5, 0.6) is 0 Å². The van der Waals surface area contributed by atoms with Crippen molar-refractivity contribution in [2.24, 2.45) is 0 Å². The summed E-state index contributed by atoms with van der Waals surface area (Å²) in [6.45, 7) is 4.80. The average molecular weight is 329 g/mol. The van der Waals surface area contributed by atoms with Gasteiger partial charge in [0.25, 0.3) is 0 Å². The highest BCUT2D eigenvalue weighted by molar-refractivity contribution is 6.37. The maximum atomic E-state index is 11.8. The molecule has 1 N–H and O–H groups in total. The Hall–Kier alpha value is -1.07. The molecule has 1 fully saturated rings. The van der Waals surface area contributed by atoms with Crippen LogP contribution >= 0.6 is 23.2 Å². The third kappa shape index (κ3) is 5.32. The van der Waals surface area contributed by atoms with Gasteiger partial charge in [0.1, 0.15) is 0 Å². The number of nitrogens with zero attached hydrogens (tertiary/aromatic N) is 1. The molecule has 0 aliphatic carbocycles. The van der Waals surface area contributed by atoms with Gasteiger partial charge >= 0.3 is 0 Å². The Kier molecular flexibility index (Phi) is 6.51. The second-order valence-corrected chi connectivity index (χ2v) is 5.53. The molecule has 0 bridgehead atoms. The lowest BCUT2D eigenvalue weighted by molar-refractivity contribution is -0.116. The smallest absolute Gasteiger partial charge is 0.244 e. The van der Waals surface area contributed by atoms with Crippen molar-refractivity contribution >= 4 is 35.2 Å². The highest BCUT2D eigenvalue weighted by atomic mass is 35.5. The number of amides is 1. The molecule has 0 saturated carbocycles. The van der Waals surface area contributed by atoms with Crippen molar-refractivity contribution in [2.75, 3.05) is 39.4 Å². The van der Waals surface area contributed by atoms with Gasteiger partial charge in [-0.05, 0) is 18.2 Å². The van der Waals surface area contributed by atoms with Crippen molar-refractivity contribution in [3.63, 3.8) is 0 Å². The number of morpholine rings is 1. The van der Waals surface area contributed by atoms with Crippen molar-refractivity contribution in [2.45, 2.75) is 0 Å². The lowest BCUT2D eigenvalue weighted by atomic mass is 10.2. The topological polar surface area (TPSA) is 41.6 Å². The molecule has 0 radical (unpaired) electrons. The number of carbonyl (C=O) groups is 1. The molecule has 1 aromatic carbocycles. The van der Waals surface area contributed by atoms with Crippen molar-refractivity contribution < 1.29 is 9.53 Å². The van der Waals surface area contributed by atoms with Crippen LogP contribution in [-0.2, 0) is 9.53 Å². The van der Waals surface area contributed by atoms with Gasteiger partial charge in [-0.1, -0.05) is 29.3 Å². The fourth-order valence-electron chi connectivity index (χ4n) is 2.05. The van der Waals surface area contributed by atoms with E-state index in [2.05, 4.69) is 10.2 Å². The van der Waals surface area contributed by atoms with E-state index in [9.17, 15) is 4.79 Å². The third-order valence-corrected chi connectivity index (χ3v) is 3.89. The van der Waals surface area contributed by atoms with Gasteiger partial charge in [0.15, 0.2) is 0 Å². The van der Waals surface area contributed by atoms with E-state index >= 15 is 0 Å². The maximum absolute atomic E-state index is 11.8. The number of benzene rings is 1. The molecule has 0 unspecified atom stereocenters. The van der Waals surface area contributed by atoms with Gasteiger partial charge in [0.05, 0.1) is 13.2 Å². The van der Waals surface area contributed by atoms with Crippen LogP contribution in [0.15, 0.2) is 24.3 Å². The Balaban J connectivity index is 1.77. The van der Waals surface area contributed by atoms with Crippen molar-refractivity contribution in [3.8, 4) is 0 Å². The Labute approximate surface area is 134 Å². The van der Waals surface area contributed by atoms with Crippen molar-refractivity contribution in [3.05, 3.63) is 39.9 Å². The van der Waals surface area contributed by atoms with Crippen LogP contribution < -0.4 is 5.32 Å². The van der Waals surface area contributed by atoms with Gasteiger partial charge in [-0.3, -0.25) is 9.69 Å². The minimum absolute atomic E-state index is 0.153. The standard InChI is InChI=1S/C15H18Cl2N2O2/c16-13-2-1-3-14(17)12(13)4-5-15(20)18-6-7-19-8-10-21-11-9-19/h1-5H,6-11H2,(H,18,20)/b5-4+. The van der Waals surface area contributed by atoms with E-state index in [1.54, 1.807) is 24.3 Å². The van der Waals surface area contributed by atoms with Crippen LogP contribution in [0, 0.1) is 0 Å². The number of carbonyl (C=O) groups excluding carboxylic acids is 1. The number of ether oxygens (including phenoxy) is 1. The number of rotatable bonds is 5. The van der Waals surface area contributed by atoms with Gasteiger partial charge in [-0.15, -0.1) is 0 Å². The molecule has 0 aromatic heterocycles. The molecule has 2 rings (SSSR count). The minimum atomic E-state index is -0.153. The first-order valence-electron chi connectivity index (χ1n) is 6.87. The van der Waals surface area contributed by atoms with Crippen LogP contribution in [-0.4, -0.2) is 50.2 Å². The first-order valence-corrected chi connectivity index (χ1v) is 7.62. The van der Waals surface area contributed by atoms with E-state index < -0.39 is 0 Å². The van der Waals surface area contributed by atoms with Crippen LogP contribution in [0.1, 0.15) is 5.56 Å². The summed E-state index contributed by atoms with van der Waals surface area (Å²) < 4.78 is 5.27. The number of nitrogens with one attached hydrogen (secondary N) is 1. The summed E-state index contributed by atoms with van der Waals surface area (Å²) in [5.74, 6) is -0.153. The zero-order valence-corrected chi connectivity index (χ0v) is 13.2. The maximum Gasteiger partial charge on any atom is 0.244 e. The molecule has 1 aliphatic rings. The summed E-state index contributed by atoms with van der Waals surface area (Å²) in [6, 6.07) is 5.25. The highest BCUT2D eigenvalue weighted by Crippen LogP contribution is 2.25. The van der Waals surface area contributed by atoms with Gasteiger partial charge < -0.3 is 10.1 Å². The molecule has 1 aliphatic heterocycles. The van der Waals surface area contributed by atoms with Crippen LogP contribution in [0.4, 0.5) is 0 Å². The molecule has 21 heavy (non-hydrogen) atoms. The zero-order chi connectivity index (χ0) is 15.1. The summed E-state index contributed by atoms with van der Waals surface area (Å²) >= 11 is 12.1. The predicted octanol–water partition coefficient (Wildman–Crippen LogP) is 2.46. The second-order valence-electron chi connectivity index (χ2n) is 4.71. The Morgan fingerprint density at radius 3 is 2.62 bits per heavy atom. The lowest BCUT2D eigenvalue weighted by Crippen LogP contribution is -2.41. The number of hydrogen-bond acceptors (Lipinski definition) is 3. The quantitative estimate of drug-likeness (QED) is 0.844. The van der Waals surface area contributed by atoms with E-state index in [1.807, 2.05) is 0 Å². The fraction of sp³-hybridized carbons (Fsp3) is 0.400. The molecule has 4 nitrogen and oxygen atoms in total. The van der Waals surface area contributed by atoms with Gasteiger partial charge in [0.2, 0.25) is 5.91 Å². The van der Waals surface area contributed by atoms with Gasteiger partial charge in [0, 0.05) is 47.9 Å². The molecule has 114 valence electrons. The van der Waals surface area contributed by atoms with Crippen molar-refractivity contribution in [1.29, 1.82) is 0 Å². The van der Waals surface area contributed by atoms with E-state index in [1.165, 1.54) is 6.08 Å². The minimum Gasteiger partial charge on any atom is -0.379 e. The monoisotopic (exact) mass is 328 g/mol. The SMILES string of the molecule is O=C(/C=C/c1c(Cl)cccc1Cl)NCCN1CCOCC1. The van der Waals surface area contributed by atoms with Crippen LogP contribution in [0.2, 0.25) is 10.0 Å². The molecule has 1 heterocycles. The zero-order valence-electron chi connectivity index (χ0n) is 11.6. The lowest BCUT2D eigenvalue weighted by Gasteiger charge is -2.26. The molecule has 1 aromatic rings. The number of hydrogen-bond donors (Lipinski definition) is 1. The van der Waals surface area contributed by atoms with E-state index in [0.717, 1.165) is 32.8 Å². The van der Waals surface area contributed by atoms with Gasteiger partial charge in [-0.2, -0.15) is 0 Å². The highest BCUT2D eigenvalue weighted by Gasteiger charge is 2.09.